The quantitative estimate of drug-likeness (QED) is 0.876. The van der Waals surface area contributed by atoms with E-state index in [1.807, 2.05) is 24.3 Å². The van der Waals surface area contributed by atoms with E-state index in [9.17, 15) is 0 Å². The molecule has 0 spiro atoms. The fraction of sp³-hybridized carbons (Fsp3) is 0.308. The van der Waals surface area contributed by atoms with Crippen molar-refractivity contribution in [3.63, 3.8) is 0 Å². The number of hydrogen-bond acceptors (Lipinski definition) is 5. The molecular formula is C13H13ClN4S. The summed E-state index contributed by atoms with van der Waals surface area (Å²) in [7, 11) is 0. The molecule has 0 saturated heterocycles. The summed E-state index contributed by atoms with van der Waals surface area (Å²) < 4.78 is 0. The zero-order valence-electron chi connectivity index (χ0n) is 10.2. The SMILES string of the molecule is Nc1nc(CSc2ccc(Cl)cc2)nc(C2CC2)n1. The van der Waals surface area contributed by atoms with Gasteiger partial charge in [-0.3, -0.25) is 0 Å². The van der Waals surface area contributed by atoms with Crippen LogP contribution in [-0.4, -0.2) is 15.0 Å². The van der Waals surface area contributed by atoms with Gasteiger partial charge in [0, 0.05) is 15.8 Å². The van der Waals surface area contributed by atoms with Gasteiger partial charge >= 0.3 is 0 Å². The average molecular weight is 293 g/mol. The lowest BCUT2D eigenvalue weighted by atomic mass is 10.4. The topological polar surface area (TPSA) is 64.7 Å². The highest BCUT2D eigenvalue weighted by molar-refractivity contribution is 7.98. The number of thioether (sulfide) groups is 1. The van der Waals surface area contributed by atoms with Gasteiger partial charge in [-0.2, -0.15) is 9.97 Å². The standard InChI is InChI=1S/C13H13ClN4S/c14-9-3-5-10(6-4-9)19-7-11-16-12(8-1-2-8)18-13(15)17-11/h3-6,8H,1-2,7H2,(H2,15,16,17,18). The van der Waals surface area contributed by atoms with Gasteiger partial charge in [0.15, 0.2) is 0 Å². The molecule has 4 nitrogen and oxygen atoms in total. The molecule has 0 bridgehead atoms. The zero-order valence-corrected chi connectivity index (χ0v) is 11.8. The minimum Gasteiger partial charge on any atom is -0.368 e. The largest absolute Gasteiger partial charge is 0.368 e. The molecule has 2 N–H and O–H groups in total. The molecule has 1 heterocycles. The van der Waals surface area contributed by atoms with Gasteiger partial charge in [0.25, 0.3) is 0 Å². The van der Waals surface area contributed by atoms with Crippen molar-refractivity contribution in [2.24, 2.45) is 0 Å². The molecule has 98 valence electrons. The number of anilines is 1. The van der Waals surface area contributed by atoms with Crippen LogP contribution in [0.2, 0.25) is 5.02 Å². The maximum Gasteiger partial charge on any atom is 0.223 e. The van der Waals surface area contributed by atoms with Crippen LogP contribution in [0, 0.1) is 0 Å². The Hall–Kier alpha value is -1.33. The summed E-state index contributed by atoms with van der Waals surface area (Å²) in [4.78, 5) is 14.0. The molecule has 3 rings (SSSR count). The van der Waals surface area contributed by atoms with E-state index < -0.39 is 0 Å². The predicted molar refractivity (Wildman–Crippen MR) is 77.2 cm³/mol. The normalized spacial score (nSPS) is 14.6. The van der Waals surface area contributed by atoms with Crippen molar-refractivity contribution in [2.45, 2.75) is 29.4 Å². The van der Waals surface area contributed by atoms with Gasteiger partial charge in [0.1, 0.15) is 11.6 Å². The van der Waals surface area contributed by atoms with Crippen LogP contribution >= 0.6 is 23.4 Å². The molecule has 1 aliphatic rings. The molecule has 0 amide bonds. The van der Waals surface area contributed by atoms with Gasteiger partial charge in [0.2, 0.25) is 5.95 Å². The number of hydrogen-bond donors (Lipinski definition) is 1. The Morgan fingerprint density at radius 2 is 1.89 bits per heavy atom. The lowest BCUT2D eigenvalue weighted by molar-refractivity contribution is 0.858. The van der Waals surface area contributed by atoms with Crippen molar-refractivity contribution in [2.75, 3.05) is 5.73 Å². The van der Waals surface area contributed by atoms with Crippen molar-refractivity contribution in [1.82, 2.24) is 15.0 Å². The number of nitrogens with zero attached hydrogens (tertiary/aromatic N) is 3. The van der Waals surface area contributed by atoms with E-state index in [-0.39, 0.29) is 0 Å². The number of rotatable bonds is 4. The van der Waals surface area contributed by atoms with Crippen LogP contribution in [0.25, 0.3) is 0 Å². The molecule has 1 fully saturated rings. The Balaban J connectivity index is 1.70. The Kier molecular flexibility index (Phi) is 3.57. The summed E-state index contributed by atoms with van der Waals surface area (Å²) >= 11 is 7.52. The van der Waals surface area contributed by atoms with E-state index in [1.54, 1.807) is 11.8 Å². The molecule has 19 heavy (non-hydrogen) atoms. The van der Waals surface area contributed by atoms with E-state index in [0.29, 0.717) is 17.6 Å². The van der Waals surface area contributed by atoms with Crippen molar-refractivity contribution in [3.05, 3.63) is 40.9 Å². The van der Waals surface area contributed by atoms with Gasteiger partial charge < -0.3 is 5.73 Å². The van der Waals surface area contributed by atoms with Crippen LogP contribution in [0.15, 0.2) is 29.2 Å². The predicted octanol–water partition coefficient (Wildman–Crippen LogP) is 3.28. The van der Waals surface area contributed by atoms with Crippen molar-refractivity contribution >= 4 is 29.3 Å². The third kappa shape index (κ3) is 3.36. The first-order valence-corrected chi connectivity index (χ1v) is 7.46. The van der Waals surface area contributed by atoms with Crippen molar-refractivity contribution < 1.29 is 0 Å². The highest BCUT2D eigenvalue weighted by atomic mass is 35.5. The maximum absolute atomic E-state index is 5.85. The average Bonchev–Trinajstić information content (AvgIpc) is 3.22. The van der Waals surface area contributed by atoms with Crippen molar-refractivity contribution in [1.29, 1.82) is 0 Å². The third-order valence-electron chi connectivity index (χ3n) is 2.84. The van der Waals surface area contributed by atoms with Crippen LogP contribution < -0.4 is 5.73 Å². The highest BCUT2D eigenvalue weighted by Crippen LogP contribution is 2.38. The minimum atomic E-state index is 0.323. The van der Waals surface area contributed by atoms with E-state index in [0.717, 1.165) is 34.4 Å². The van der Waals surface area contributed by atoms with Gasteiger partial charge in [-0.15, -0.1) is 11.8 Å². The minimum absolute atomic E-state index is 0.323. The van der Waals surface area contributed by atoms with Gasteiger partial charge in [0.05, 0.1) is 5.75 Å². The van der Waals surface area contributed by atoms with E-state index in [4.69, 9.17) is 17.3 Å². The molecule has 6 heteroatoms. The molecule has 0 aliphatic heterocycles. The number of benzene rings is 1. The molecule has 2 aromatic rings. The Morgan fingerprint density at radius 1 is 1.16 bits per heavy atom. The van der Waals surface area contributed by atoms with E-state index >= 15 is 0 Å². The Bertz CT molecular complexity index is 584. The van der Waals surface area contributed by atoms with E-state index in [1.165, 1.54) is 0 Å². The lowest BCUT2D eigenvalue weighted by Crippen LogP contribution is -2.05. The maximum atomic E-state index is 5.85. The first-order chi connectivity index (χ1) is 9.20. The number of nitrogen functional groups attached to an aromatic ring is 1. The summed E-state index contributed by atoms with van der Waals surface area (Å²) in [5, 5.41) is 0.741. The zero-order chi connectivity index (χ0) is 13.2. The summed E-state index contributed by atoms with van der Waals surface area (Å²) in [6.07, 6.45) is 2.32. The summed E-state index contributed by atoms with van der Waals surface area (Å²) in [6, 6.07) is 7.72. The molecule has 0 atom stereocenters. The summed E-state index contributed by atoms with van der Waals surface area (Å²) in [5.41, 5.74) is 5.72. The summed E-state index contributed by atoms with van der Waals surface area (Å²) in [6.45, 7) is 0. The van der Waals surface area contributed by atoms with Gasteiger partial charge in [-0.1, -0.05) is 11.6 Å². The van der Waals surface area contributed by atoms with Crippen LogP contribution in [0.3, 0.4) is 0 Å². The number of halogens is 1. The van der Waals surface area contributed by atoms with Crippen LogP contribution in [-0.2, 0) is 5.75 Å². The third-order valence-corrected chi connectivity index (χ3v) is 4.10. The molecular weight excluding hydrogens is 280 g/mol. The van der Waals surface area contributed by atoms with Crippen LogP contribution in [0.5, 0.6) is 0 Å². The lowest BCUT2D eigenvalue weighted by Gasteiger charge is -2.04. The Morgan fingerprint density at radius 3 is 2.58 bits per heavy atom. The van der Waals surface area contributed by atoms with Crippen molar-refractivity contribution in [3.8, 4) is 0 Å². The first kappa shape index (κ1) is 12.7. The fourth-order valence-corrected chi connectivity index (χ4v) is 2.60. The molecule has 0 radical (unpaired) electrons. The molecule has 1 saturated carbocycles. The van der Waals surface area contributed by atoms with Crippen LogP contribution in [0.1, 0.15) is 30.4 Å². The Labute approximate surface area is 120 Å². The van der Waals surface area contributed by atoms with E-state index in [2.05, 4.69) is 15.0 Å². The monoisotopic (exact) mass is 292 g/mol. The fourth-order valence-electron chi connectivity index (χ4n) is 1.72. The second kappa shape index (κ2) is 5.35. The second-order valence-electron chi connectivity index (χ2n) is 4.48. The molecule has 1 aromatic heterocycles. The molecule has 1 aromatic carbocycles. The van der Waals surface area contributed by atoms with Gasteiger partial charge in [-0.25, -0.2) is 4.98 Å². The molecule has 0 unspecified atom stereocenters. The van der Waals surface area contributed by atoms with Crippen LogP contribution in [0.4, 0.5) is 5.95 Å². The molecule has 1 aliphatic carbocycles. The number of aromatic nitrogens is 3. The highest BCUT2D eigenvalue weighted by Gasteiger charge is 2.27. The number of nitrogens with two attached hydrogens (primary N) is 1. The first-order valence-electron chi connectivity index (χ1n) is 6.09. The summed E-state index contributed by atoms with van der Waals surface area (Å²) in [5.74, 6) is 3.09. The second-order valence-corrected chi connectivity index (χ2v) is 5.97. The smallest absolute Gasteiger partial charge is 0.223 e. The van der Waals surface area contributed by atoms with Gasteiger partial charge in [-0.05, 0) is 37.1 Å².